The Morgan fingerprint density at radius 1 is 1.42 bits per heavy atom. The van der Waals surface area contributed by atoms with Gasteiger partial charge in [-0.1, -0.05) is 0 Å². The van der Waals surface area contributed by atoms with Crippen molar-refractivity contribution < 1.29 is 13.2 Å². The maximum absolute atomic E-state index is 12.0. The minimum atomic E-state index is -4.04. The molecule has 70 valence electrons. The van der Waals surface area contributed by atoms with E-state index >= 15 is 0 Å². The van der Waals surface area contributed by atoms with Crippen LogP contribution in [0.25, 0.3) is 0 Å². The van der Waals surface area contributed by atoms with Gasteiger partial charge in [-0.15, -0.1) is 0 Å². The van der Waals surface area contributed by atoms with Crippen LogP contribution >= 0.6 is 0 Å². The summed E-state index contributed by atoms with van der Waals surface area (Å²) in [4.78, 5) is 1.53. The lowest BCUT2D eigenvalue weighted by molar-refractivity contribution is -0.148. The summed E-state index contributed by atoms with van der Waals surface area (Å²) in [5, 5.41) is 3.16. The molecular weight excluding hydrogens is 169 g/mol. The van der Waals surface area contributed by atoms with Gasteiger partial charge in [-0.2, -0.15) is 13.2 Å². The maximum Gasteiger partial charge on any atom is 0.401 e. The summed E-state index contributed by atoms with van der Waals surface area (Å²) in [7, 11) is 0. The van der Waals surface area contributed by atoms with E-state index in [0.29, 0.717) is 12.6 Å². The van der Waals surface area contributed by atoms with Crippen LogP contribution in [0, 0.1) is 0 Å². The van der Waals surface area contributed by atoms with Gasteiger partial charge in [-0.3, -0.25) is 4.90 Å². The first kappa shape index (κ1) is 8.31. The molecule has 0 aromatic heterocycles. The van der Waals surface area contributed by atoms with E-state index in [-0.39, 0.29) is 6.04 Å². The third kappa shape index (κ3) is 1.56. The van der Waals surface area contributed by atoms with E-state index in [9.17, 15) is 13.2 Å². The van der Waals surface area contributed by atoms with Crippen LogP contribution in [-0.4, -0.2) is 42.8 Å². The van der Waals surface area contributed by atoms with E-state index in [1.54, 1.807) is 0 Å². The molecule has 0 aromatic carbocycles. The normalized spacial score (nSPS) is 36.2. The monoisotopic (exact) mass is 180 g/mol. The van der Waals surface area contributed by atoms with Crippen LogP contribution in [0.4, 0.5) is 13.2 Å². The van der Waals surface area contributed by atoms with Gasteiger partial charge in [0, 0.05) is 25.2 Å². The topological polar surface area (TPSA) is 15.3 Å². The predicted molar refractivity (Wildman–Crippen MR) is 37.8 cm³/mol. The van der Waals surface area contributed by atoms with E-state index in [0.717, 1.165) is 13.0 Å². The average Bonchev–Trinajstić information content (AvgIpc) is 2.42. The van der Waals surface area contributed by atoms with Crippen molar-refractivity contribution in [2.45, 2.75) is 24.7 Å². The first-order valence-corrected chi connectivity index (χ1v) is 4.09. The SMILES string of the molecule is FC(F)(F)CN1CC2CC1CN2. The molecular formula is C7H11F3N2. The second kappa shape index (κ2) is 2.60. The van der Waals surface area contributed by atoms with Gasteiger partial charge in [-0.05, 0) is 6.42 Å². The first-order valence-electron chi connectivity index (χ1n) is 4.09. The number of piperazine rings is 1. The molecule has 2 saturated heterocycles. The molecule has 0 amide bonds. The highest BCUT2D eigenvalue weighted by molar-refractivity contribution is 4.97. The molecule has 2 aliphatic heterocycles. The zero-order chi connectivity index (χ0) is 8.77. The minimum Gasteiger partial charge on any atom is -0.311 e. The zero-order valence-corrected chi connectivity index (χ0v) is 6.56. The Balaban J connectivity index is 1.91. The lowest BCUT2D eigenvalue weighted by Gasteiger charge is -2.27. The number of hydrogen-bond acceptors (Lipinski definition) is 2. The van der Waals surface area contributed by atoms with E-state index in [4.69, 9.17) is 0 Å². The first-order chi connectivity index (χ1) is 5.54. The second-order valence-electron chi connectivity index (χ2n) is 3.54. The second-order valence-corrected chi connectivity index (χ2v) is 3.54. The van der Waals surface area contributed by atoms with Crippen molar-refractivity contribution in [2.24, 2.45) is 0 Å². The molecule has 2 nitrogen and oxygen atoms in total. The van der Waals surface area contributed by atoms with E-state index in [1.165, 1.54) is 4.90 Å². The van der Waals surface area contributed by atoms with Crippen molar-refractivity contribution in [3.05, 3.63) is 0 Å². The summed E-state index contributed by atoms with van der Waals surface area (Å²) in [6.45, 7) is 0.542. The van der Waals surface area contributed by atoms with Gasteiger partial charge >= 0.3 is 6.18 Å². The van der Waals surface area contributed by atoms with Gasteiger partial charge in [0.1, 0.15) is 0 Å². The molecule has 2 heterocycles. The van der Waals surface area contributed by atoms with Gasteiger partial charge in [0.05, 0.1) is 6.54 Å². The van der Waals surface area contributed by atoms with Crippen LogP contribution in [0.2, 0.25) is 0 Å². The predicted octanol–water partition coefficient (Wildman–Crippen LogP) is 0.595. The highest BCUT2D eigenvalue weighted by Crippen LogP contribution is 2.27. The van der Waals surface area contributed by atoms with E-state index < -0.39 is 12.7 Å². The Kier molecular flexibility index (Phi) is 1.80. The van der Waals surface area contributed by atoms with Crippen LogP contribution in [0.5, 0.6) is 0 Å². The van der Waals surface area contributed by atoms with Crippen LogP contribution in [0.1, 0.15) is 6.42 Å². The Bertz CT molecular complexity index is 180. The summed E-state index contributed by atoms with van der Waals surface area (Å²) >= 11 is 0. The molecule has 2 unspecified atom stereocenters. The fourth-order valence-corrected chi connectivity index (χ4v) is 2.07. The summed E-state index contributed by atoms with van der Waals surface area (Å²) < 4.78 is 35.9. The number of alkyl halides is 3. The molecule has 1 N–H and O–H groups in total. The van der Waals surface area contributed by atoms with E-state index in [1.807, 2.05) is 0 Å². The molecule has 0 spiro atoms. The van der Waals surface area contributed by atoms with E-state index in [2.05, 4.69) is 5.32 Å². The standard InChI is InChI=1S/C7H11F3N2/c8-7(9,10)4-12-3-5-1-6(12)2-11-5/h5-6,11H,1-4H2. The van der Waals surface area contributed by atoms with Crippen molar-refractivity contribution in [3.63, 3.8) is 0 Å². The maximum atomic E-state index is 12.0. The lowest BCUT2D eigenvalue weighted by atomic mass is 10.2. The Morgan fingerprint density at radius 3 is 2.58 bits per heavy atom. The molecule has 5 heteroatoms. The minimum absolute atomic E-state index is 0.122. The van der Waals surface area contributed by atoms with Crippen molar-refractivity contribution >= 4 is 0 Å². The molecule has 0 radical (unpaired) electrons. The van der Waals surface area contributed by atoms with Crippen LogP contribution in [-0.2, 0) is 0 Å². The summed E-state index contributed by atoms with van der Waals surface area (Å²) in [6.07, 6.45) is -3.15. The quantitative estimate of drug-likeness (QED) is 0.635. The Morgan fingerprint density at radius 2 is 2.17 bits per heavy atom. The molecule has 0 aliphatic carbocycles. The third-order valence-electron chi connectivity index (χ3n) is 2.55. The molecule has 0 aromatic rings. The molecule has 2 fully saturated rings. The average molecular weight is 180 g/mol. The fraction of sp³-hybridized carbons (Fsp3) is 1.00. The highest BCUT2D eigenvalue weighted by atomic mass is 19.4. The number of fused-ring (bicyclic) bond motifs is 2. The Hall–Kier alpha value is -0.290. The fourth-order valence-electron chi connectivity index (χ4n) is 2.07. The molecule has 2 aliphatic rings. The summed E-state index contributed by atoms with van der Waals surface area (Å²) in [6, 6.07) is 0.425. The molecule has 0 saturated carbocycles. The smallest absolute Gasteiger partial charge is 0.311 e. The van der Waals surface area contributed by atoms with Gasteiger partial charge in [0.15, 0.2) is 0 Å². The van der Waals surface area contributed by atoms with Crippen molar-refractivity contribution in [3.8, 4) is 0 Å². The third-order valence-corrected chi connectivity index (χ3v) is 2.55. The van der Waals surface area contributed by atoms with Crippen molar-refractivity contribution in [2.75, 3.05) is 19.6 Å². The van der Waals surface area contributed by atoms with Crippen molar-refractivity contribution in [1.82, 2.24) is 10.2 Å². The summed E-state index contributed by atoms with van der Waals surface area (Å²) in [5.74, 6) is 0. The number of nitrogens with zero attached hydrogens (tertiary/aromatic N) is 1. The van der Waals surface area contributed by atoms with Gasteiger partial charge in [0.25, 0.3) is 0 Å². The molecule has 12 heavy (non-hydrogen) atoms. The molecule has 2 bridgehead atoms. The Labute approximate surface area is 68.7 Å². The lowest BCUT2D eigenvalue weighted by Crippen LogP contribution is -2.47. The number of likely N-dealkylation sites (tertiary alicyclic amines) is 1. The van der Waals surface area contributed by atoms with Gasteiger partial charge in [0.2, 0.25) is 0 Å². The van der Waals surface area contributed by atoms with Crippen LogP contribution in [0.15, 0.2) is 0 Å². The van der Waals surface area contributed by atoms with Crippen molar-refractivity contribution in [1.29, 1.82) is 0 Å². The zero-order valence-electron chi connectivity index (χ0n) is 6.56. The number of rotatable bonds is 1. The number of hydrogen-bond donors (Lipinski definition) is 1. The summed E-state index contributed by atoms with van der Waals surface area (Å²) in [5.41, 5.74) is 0. The van der Waals surface area contributed by atoms with Crippen LogP contribution in [0.3, 0.4) is 0 Å². The highest BCUT2D eigenvalue weighted by Gasteiger charge is 2.42. The molecule has 2 rings (SSSR count). The number of halogens is 3. The van der Waals surface area contributed by atoms with Crippen LogP contribution < -0.4 is 5.32 Å². The number of nitrogens with one attached hydrogen (secondary N) is 1. The van der Waals surface area contributed by atoms with Gasteiger partial charge in [-0.25, -0.2) is 0 Å². The largest absolute Gasteiger partial charge is 0.401 e. The molecule has 2 atom stereocenters. The van der Waals surface area contributed by atoms with Gasteiger partial charge < -0.3 is 5.32 Å².